The summed E-state index contributed by atoms with van der Waals surface area (Å²) in [5.74, 6) is -0.363. The SMILES string of the molecule is CCC(Oc1ccccc1F)C(=O)NC(C)CC(O)c1ccco1. The molecule has 0 fully saturated rings. The molecule has 0 aliphatic carbocycles. The molecule has 0 radical (unpaired) electrons. The van der Waals surface area contributed by atoms with Crippen LogP contribution in [0.4, 0.5) is 4.39 Å². The van der Waals surface area contributed by atoms with Gasteiger partial charge in [0, 0.05) is 12.5 Å². The molecule has 0 aliphatic heterocycles. The smallest absolute Gasteiger partial charge is 0.261 e. The highest BCUT2D eigenvalue weighted by molar-refractivity contribution is 5.81. The Morgan fingerprint density at radius 1 is 1.33 bits per heavy atom. The fourth-order valence-corrected chi connectivity index (χ4v) is 2.34. The number of amides is 1. The van der Waals surface area contributed by atoms with Crippen molar-refractivity contribution >= 4 is 5.91 Å². The highest BCUT2D eigenvalue weighted by atomic mass is 19.1. The molecular formula is C18H22FNO4. The molecule has 1 aromatic heterocycles. The number of hydrogen-bond acceptors (Lipinski definition) is 4. The maximum absolute atomic E-state index is 13.6. The van der Waals surface area contributed by atoms with Crippen LogP contribution in [0.5, 0.6) is 5.75 Å². The number of nitrogens with one attached hydrogen (secondary N) is 1. The van der Waals surface area contributed by atoms with Gasteiger partial charge >= 0.3 is 0 Å². The van der Waals surface area contributed by atoms with Crippen molar-refractivity contribution in [2.45, 2.75) is 44.9 Å². The average molecular weight is 335 g/mol. The van der Waals surface area contributed by atoms with Gasteiger partial charge in [0.05, 0.1) is 6.26 Å². The Morgan fingerprint density at radius 3 is 2.71 bits per heavy atom. The third-order valence-electron chi connectivity index (χ3n) is 3.61. The number of para-hydroxylation sites is 1. The second-order valence-corrected chi connectivity index (χ2v) is 5.62. The predicted molar refractivity (Wildman–Crippen MR) is 87.0 cm³/mol. The summed E-state index contributed by atoms with van der Waals surface area (Å²) >= 11 is 0. The van der Waals surface area contributed by atoms with E-state index in [4.69, 9.17) is 9.15 Å². The Balaban J connectivity index is 1.90. The molecule has 6 heteroatoms. The van der Waals surface area contributed by atoms with Crippen LogP contribution < -0.4 is 10.1 Å². The number of carbonyl (C=O) groups excluding carboxylic acids is 1. The molecular weight excluding hydrogens is 313 g/mol. The van der Waals surface area contributed by atoms with Crippen molar-refractivity contribution in [3.05, 3.63) is 54.2 Å². The summed E-state index contributed by atoms with van der Waals surface area (Å²) < 4.78 is 24.2. The zero-order valence-electron chi connectivity index (χ0n) is 13.7. The molecule has 2 aromatic rings. The zero-order valence-corrected chi connectivity index (χ0v) is 13.7. The van der Waals surface area contributed by atoms with E-state index >= 15 is 0 Å². The lowest BCUT2D eigenvalue weighted by atomic mass is 10.1. The number of carbonyl (C=O) groups is 1. The summed E-state index contributed by atoms with van der Waals surface area (Å²) in [6.45, 7) is 3.56. The molecule has 1 amide bonds. The molecule has 24 heavy (non-hydrogen) atoms. The van der Waals surface area contributed by atoms with Crippen molar-refractivity contribution in [2.24, 2.45) is 0 Å². The molecule has 3 atom stereocenters. The van der Waals surface area contributed by atoms with Gasteiger partial charge < -0.3 is 19.6 Å². The van der Waals surface area contributed by atoms with Crippen LogP contribution in [0.2, 0.25) is 0 Å². The van der Waals surface area contributed by atoms with E-state index in [0.717, 1.165) is 0 Å². The van der Waals surface area contributed by atoms with E-state index in [1.165, 1.54) is 18.4 Å². The van der Waals surface area contributed by atoms with E-state index in [-0.39, 0.29) is 17.7 Å². The van der Waals surface area contributed by atoms with E-state index in [1.807, 2.05) is 0 Å². The maximum Gasteiger partial charge on any atom is 0.261 e. The topological polar surface area (TPSA) is 71.7 Å². The van der Waals surface area contributed by atoms with Crippen LogP contribution in [-0.2, 0) is 4.79 Å². The molecule has 0 saturated carbocycles. The van der Waals surface area contributed by atoms with Crippen LogP contribution in [0.1, 0.15) is 38.6 Å². The Hall–Kier alpha value is -2.34. The highest BCUT2D eigenvalue weighted by Crippen LogP contribution is 2.20. The monoisotopic (exact) mass is 335 g/mol. The quantitative estimate of drug-likeness (QED) is 0.777. The van der Waals surface area contributed by atoms with Crippen LogP contribution in [0.25, 0.3) is 0 Å². The third-order valence-corrected chi connectivity index (χ3v) is 3.61. The Labute approximate surface area is 140 Å². The fourth-order valence-electron chi connectivity index (χ4n) is 2.34. The lowest BCUT2D eigenvalue weighted by Crippen LogP contribution is -2.43. The summed E-state index contributed by atoms with van der Waals surface area (Å²) in [5.41, 5.74) is 0. The first-order valence-corrected chi connectivity index (χ1v) is 7.94. The Morgan fingerprint density at radius 2 is 2.08 bits per heavy atom. The Bertz CT molecular complexity index is 644. The van der Waals surface area contributed by atoms with Crippen molar-refractivity contribution < 1.29 is 23.4 Å². The number of aliphatic hydroxyl groups excluding tert-OH is 1. The third kappa shape index (κ3) is 4.83. The number of furan rings is 1. The van der Waals surface area contributed by atoms with Crippen molar-refractivity contribution in [1.82, 2.24) is 5.32 Å². The first-order chi connectivity index (χ1) is 11.5. The first-order valence-electron chi connectivity index (χ1n) is 7.94. The standard InChI is InChI=1S/C18H22FNO4/c1-3-15(24-16-8-5-4-7-13(16)19)18(22)20-12(2)11-14(21)17-9-6-10-23-17/h4-10,12,14-15,21H,3,11H2,1-2H3,(H,20,22). The first kappa shape index (κ1) is 18.0. The highest BCUT2D eigenvalue weighted by Gasteiger charge is 2.23. The molecule has 1 heterocycles. The minimum atomic E-state index is -0.803. The molecule has 130 valence electrons. The van der Waals surface area contributed by atoms with Crippen molar-refractivity contribution in [2.75, 3.05) is 0 Å². The minimum absolute atomic E-state index is 0.0442. The molecule has 0 spiro atoms. The number of benzene rings is 1. The Kier molecular flexibility index (Phi) is 6.37. The van der Waals surface area contributed by atoms with Gasteiger partial charge in [-0.15, -0.1) is 0 Å². The van der Waals surface area contributed by atoms with Crippen LogP contribution in [0.15, 0.2) is 47.1 Å². The van der Waals surface area contributed by atoms with Gasteiger partial charge in [0.2, 0.25) is 0 Å². The van der Waals surface area contributed by atoms with Crippen LogP contribution in [-0.4, -0.2) is 23.2 Å². The summed E-state index contributed by atoms with van der Waals surface area (Å²) in [4.78, 5) is 12.3. The summed E-state index contributed by atoms with van der Waals surface area (Å²) in [7, 11) is 0. The van der Waals surface area contributed by atoms with Gasteiger partial charge in [-0.3, -0.25) is 4.79 Å². The maximum atomic E-state index is 13.6. The van der Waals surface area contributed by atoms with E-state index in [1.54, 1.807) is 38.1 Å². The second kappa shape index (κ2) is 8.49. The molecule has 5 nitrogen and oxygen atoms in total. The largest absolute Gasteiger partial charge is 0.478 e. The number of rotatable bonds is 8. The minimum Gasteiger partial charge on any atom is -0.478 e. The molecule has 2 rings (SSSR count). The fraction of sp³-hybridized carbons (Fsp3) is 0.389. The predicted octanol–water partition coefficient (Wildman–Crippen LogP) is 3.20. The van der Waals surface area contributed by atoms with Gasteiger partial charge in [0.1, 0.15) is 11.9 Å². The lowest BCUT2D eigenvalue weighted by molar-refractivity contribution is -0.129. The van der Waals surface area contributed by atoms with Crippen molar-refractivity contribution in [1.29, 1.82) is 0 Å². The van der Waals surface area contributed by atoms with Crippen LogP contribution >= 0.6 is 0 Å². The van der Waals surface area contributed by atoms with Gasteiger partial charge in [-0.2, -0.15) is 0 Å². The molecule has 3 unspecified atom stereocenters. The normalized spacial score (nSPS) is 14.7. The molecule has 0 saturated heterocycles. The lowest BCUT2D eigenvalue weighted by Gasteiger charge is -2.21. The molecule has 2 N–H and O–H groups in total. The van der Waals surface area contributed by atoms with Crippen molar-refractivity contribution in [3.8, 4) is 5.75 Å². The number of halogens is 1. The zero-order chi connectivity index (χ0) is 17.5. The number of aliphatic hydroxyl groups is 1. The number of ether oxygens (including phenoxy) is 1. The molecule has 0 bridgehead atoms. The summed E-state index contributed by atoms with van der Waals surface area (Å²) in [6, 6.07) is 9.03. The van der Waals surface area contributed by atoms with Crippen LogP contribution in [0, 0.1) is 5.82 Å². The number of hydrogen-bond donors (Lipinski definition) is 2. The van der Waals surface area contributed by atoms with E-state index in [9.17, 15) is 14.3 Å². The molecule has 1 aromatic carbocycles. The van der Waals surface area contributed by atoms with Gasteiger partial charge in [0.25, 0.3) is 5.91 Å². The summed E-state index contributed by atoms with van der Waals surface area (Å²) in [6.07, 6.45) is 0.577. The summed E-state index contributed by atoms with van der Waals surface area (Å²) in [5, 5.41) is 12.8. The van der Waals surface area contributed by atoms with E-state index < -0.39 is 18.0 Å². The van der Waals surface area contributed by atoms with E-state index in [2.05, 4.69) is 5.32 Å². The van der Waals surface area contributed by atoms with Gasteiger partial charge in [-0.1, -0.05) is 19.1 Å². The van der Waals surface area contributed by atoms with E-state index in [0.29, 0.717) is 18.6 Å². The van der Waals surface area contributed by atoms with Gasteiger partial charge in [-0.05, 0) is 37.6 Å². The molecule has 0 aliphatic rings. The second-order valence-electron chi connectivity index (χ2n) is 5.62. The van der Waals surface area contributed by atoms with Crippen molar-refractivity contribution in [3.63, 3.8) is 0 Å². The van der Waals surface area contributed by atoms with Gasteiger partial charge in [0.15, 0.2) is 17.7 Å². The average Bonchev–Trinajstić information content (AvgIpc) is 3.08. The van der Waals surface area contributed by atoms with Gasteiger partial charge in [-0.25, -0.2) is 4.39 Å². The van der Waals surface area contributed by atoms with Crippen LogP contribution in [0.3, 0.4) is 0 Å².